The van der Waals surface area contributed by atoms with Crippen molar-refractivity contribution in [1.29, 1.82) is 0 Å². The standard InChI is InChI=1S/C19H26N4O2/c1-13-12-23(15(3)24)10-9-17(13)20-14(2)19-21-18(22-25-19)11-16-7-5-4-6-8-16/h4-8,13-14,17,20H,9-12H2,1-3H3/t13-,14+,17-/m0/s1. The first-order valence-electron chi connectivity index (χ1n) is 8.91. The Morgan fingerprint density at radius 3 is 2.84 bits per heavy atom. The van der Waals surface area contributed by atoms with Gasteiger partial charge in [0.05, 0.1) is 6.04 Å². The van der Waals surface area contributed by atoms with Crippen LogP contribution in [0.25, 0.3) is 0 Å². The van der Waals surface area contributed by atoms with E-state index in [1.807, 2.05) is 30.0 Å². The van der Waals surface area contributed by atoms with Crippen molar-refractivity contribution in [3.63, 3.8) is 0 Å². The van der Waals surface area contributed by atoms with Crippen molar-refractivity contribution in [3.8, 4) is 0 Å². The van der Waals surface area contributed by atoms with E-state index < -0.39 is 0 Å². The second-order valence-corrected chi connectivity index (χ2v) is 6.94. The number of piperidine rings is 1. The third-order valence-electron chi connectivity index (χ3n) is 4.87. The van der Waals surface area contributed by atoms with Gasteiger partial charge in [-0.3, -0.25) is 4.79 Å². The van der Waals surface area contributed by atoms with Gasteiger partial charge < -0.3 is 14.7 Å². The van der Waals surface area contributed by atoms with Crippen LogP contribution < -0.4 is 5.32 Å². The van der Waals surface area contributed by atoms with Crippen LogP contribution in [0.15, 0.2) is 34.9 Å². The molecule has 1 fully saturated rings. The van der Waals surface area contributed by atoms with E-state index in [4.69, 9.17) is 4.52 Å². The molecule has 2 heterocycles. The Hall–Kier alpha value is -2.21. The molecule has 25 heavy (non-hydrogen) atoms. The molecule has 1 amide bonds. The van der Waals surface area contributed by atoms with Crippen LogP contribution in [-0.2, 0) is 11.2 Å². The molecule has 6 heteroatoms. The molecular weight excluding hydrogens is 316 g/mol. The molecule has 0 spiro atoms. The van der Waals surface area contributed by atoms with E-state index in [0.29, 0.717) is 30.1 Å². The number of carbonyl (C=O) groups excluding carboxylic acids is 1. The summed E-state index contributed by atoms with van der Waals surface area (Å²) in [5.74, 6) is 1.87. The monoisotopic (exact) mass is 342 g/mol. The number of nitrogens with one attached hydrogen (secondary N) is 1. The van der Waals surface area contributed by atoms with E-state index in [0.717, 1.165) is 19.5 Å². The van der Waals surface area contributed by atoms with Gasteiger partial charge in [0.25, 0.3) is 0 Å². The summed E-state index contributed by atoms with van der Waals surface area (Å²) in [6, 6.07) is 10.5. The fourth-order valence-corrected chi connectivity index (χ4v) is 3.37. The molecule has 0 radical (unpaired) electrons. The first-order chi connectivity index (χ1) is 12.0. The van der Waals surface area contributed by atoms with Crippen LogP contribution in [0.5, 0.6) is 0 Å². The number of carbonyl (C=O) groups is 1. The highest BCUT2D eigenvalue weighted by atomic mass is 16.5. The van der Waals surface area contributed by atoms with Crippen LogP contribution in [0.4, 0.5) is 0 Å². The Kier molecular flexibility index (Phi) is 5.48. The van der Waals surface area contributed by atoms with Crippen molar-refractivity contribution < 1.29 is 9.32 Å². The van der Waals surface area contributed by atoms with E-state index in [9.17, 15) is 4.79 Å². The second kappa shape index (κ2) is 7.78. The molecule has 3 rings (SSSR count). The average molecular weight is 342 g/mol. The quantitative estimate of drug-likeness (QED) is 0.904. The van der Waals surface area contributed by atoms with Crippen LogP contribution in [-0.4, -0.2) is 40.1 Å². The maximum atomic E-state index is 11.5. The van der Waals surface area contributed by atoms with E-state index in [-0.39, 0.29) is 11.9 Å². The highest BCUT2D eigenvalue weighted by Gasteiger charge is 2.29. The number of hydrogen-bond donors (Lipinski definition) is 1. The number of likely N-dealkylation sites (tertiary alicyclic amines) is 1. The summed E-state index contributed by atoms with van der Waals surface area (Å²) in [6.45, 7) is 7.45. The zero-order valence-electron chi connectivity index (χ0n) is 15.1. The van der Waals surface area contributed by atoms with Gasteiger partial charge in [-0.05, 0) is 24.8 Å². The molecule has 1 aliphatic heterocycles. The lowest BCUT2D eigenvalue weighted by Crippen LogP contribution is -2.50. The Balaban J connectivity index is 1.57. The summed E-state index contributed by atoms with van der Waals surface area (Å²) in [5, 5.41) is 7.69. The Bertz CT molecular complexity index is 700. The summed E-state index contributed by atoms with van der Waals surface area (Å²) >= 11 is 0. The molecule has 134 valence electrons. The Labute approximate surface area is 148 Å². The van der Waals surface area contributed by atoms with E-state index in [1.165, 1.54) is 5.56 Å². The average Bonchev–Trinajstić information content (AvgIpc) is 3.06. The van der Waals surface area contributed by atoms with E-state index >= 15 is 0 Å². The predicted octanol–water partition coefficient (Wildman–Crippen LogP) is 2.57. The SMILES string of the molecule is CC(=O)N1CC[C@H](N[C@H](C)c2nc(Cc3ccccc3)no2)[C@@H](C)C1. The molecule has 1 aromatic heterocycles. The minimum atomic E-state index is -0.00616. The summed E-state index contributed by atoms with van der Waals surface area (Å²) in [6.07, 6.45) is 1.61. The van der Waals surface area contributed by atoms with Gasteiger partial charge in [0.1, 0.15) is 0 Å². The normalized spacial score (nSPS) is 22.0. The number of hydrogen-bond acceptors (Lipinski definition) is 5. The highest BCUT2D eigenvalue weighted by molar-refractivity contribution is 5.73. The van der Waals surface area contributed by atoms with Crippen molar-refractivity contribution >= 4 is 5.91 Å². The Morgan fingerprint density at radius 1 is 1.40 bits per heavy atom. The van der Waals surface area contributed by atoms with Crippen LogP contribution in [0.1, 0.15) is 50.5 Å². The summed E-state index contributed by atoms with van der Waals surface area (Å²) < 4.78 is 5.45. The van der Waals surface area contributed by atoms with Gasteiger partial charge >= 0.3 is 0 Å². The zero-order chi connectivity index (χ0) is 17.8. The van der Waals surface area contributed by atoms with Crippen molar-refractivity contribution in [1.82, 2.24) is 20.4 Å². The largest absolute Gasteiger partial charge is 0.343 e. The minimum absolute atomic E-state index is 0.00616. The Morgan fingerprint density at radius 2 is 2.16 bits per heavy atom. The molecule has 2 aromatic rings. The lowest BCUT2D eigenvalue weighted by molar-refractivity contribution is -0.130. The molecule has 1 N–H and O–H groups in total. The van der Waals surface area contributed by atoms with E-state index in [1.54, 1.807) is 6.92 Å². The van der Waals surface area contributed by atoms with Gasteiger partial charge in [-0.1, -0.05) is 42.4 Å². The van der Waals surface area contributed by atoms with Gasteiger partial charge in [0.2, 0.25) is 11.8 Å². The maximum absolute atomic E-state index is 11.5. The van der Waals surface area contributed by atoms with Gasteiger partial charge in [0.15, 0.2) is 5.82 Å². The molecule has 0 aliphatic carbocycles. The molecule has 0 bridgehead atoms. The molecular formula is C19H26N4O2. The second-order valence-electron chi connectivity index (χ2n) is 6.94. The third kappa shape index (κ3) is 4.45. The first-order valence-corrected chi connectivity index (χ1v) is 8.91. The van der Waals surface area contributed by atoms with Crippen molar-refractivity contribution in [3.05, 3.63) is 47.6 Å². The van der Waals surface area contributed by atoms with Crippen LogP contribution in [0.2, 0.25) is 0 Å². The van der Waals surface area contributed by atoms with Crippen LogP contribution >= 0.6 is 0 Å². The zero-order valence-corrected chi connectivity index (χ0v) is 15.1. The first kappa shape index (κ1) is 17.6. The topological polar surface area (TPSA) is 71.3 Å². The van der Waals surface area contributed by atoms with E-state index in [2.05, 4.69) is 34.5 Å². The molecule has 0 unspecified atom stereocenters. The lowest BCUT2D eigenvalue weighted by atomic mass is 9.93. The fraction of sp³-hybridized carbons (Fsp3) is 0.526. The van der Waals surface area contributed by atoms with Gasteiger partial charge in [-0.15, -0.1) is 0 Å². The highest BCUT2D eigenvalue weighted by Crippen LogP contribution is 2.21. The third-order valence-corrected chi connectivity index (χ3v) is 4.87. The minimum Gasteiger partial charge on any atom is -0.343 e. The smallest absolute Gasteiger partial charge is 0.243 e. The van der Waals surface area contributed by atoms with Gasteiger partial charge in [-0.2, -0.15) is 4.98 Å². The fourth-order valence-electron chi connectivity index (χ4n) is 3.37. The number of amides is 1. The predicted molar refractivity (Wildman–Crippen MR) is 94.9 cm³/mol. The summed E-state index contributed by atoms with van der Waals surface area (Å²) in [4.78, 5) is 18.0. The van der Waals surface area contributed by atoms with Gasteiger partial charge in [-0.25, -0.2) is 0 Å². The number of aromatic nitrogens is 2. The number of rotatable bonds is 5. The molecule has 1 aromatic carbocycles. The van der Waals surface area contributed by atoms with Crippen molar-refractivity contribution in [2.75, 3.05) is 13.1 Å². The summed E-state index contributed by atoms with van der Waals surface area (Å²) in [5.41, 5.74) is 1.17. The van der Waals surface area contributed by atoms with Crippen molar-refractivity contribution in [2.45, 2.75) is 45.7 Å². The molecule has 1 saturated heterocycles. The molecule has 3 atom stereocenters. The number of benzene rings is 1. The van der Waals surface area contributed by atoms with Crippen LogP contribution in [0.3, 0.4) is 0 Å². The lowest BCUT2D eigenvalue weighted by Gasteiger charge is -2.37. The van der Waals surface area contributed by atoms with Crippen molar-refractivity contribution in [2.24, 2.45) is 5.92 Å². The maximum Gasteiger partial charge on any atom is 0.243 e. The van der Waals surface area contributed by atoms with Crippen LogP contribution in [0, 0.1) is 5.92 Å². The molecule has 0 saturated carbocycles. The molecule has 6 nitrogen and oxygen atoms in total. The number of nitrogens with zero attached hydrogens (tertiary/aromatic N) is 3. The van der Waals surface area contributed by atoms with Gasteiger partial charge in [0, 0.05) is 32.5 Å². The molecule has 1 aliphatic rings. The summed E-state index contributed by atoms with van der Waals surface area (Å²) in [7, 11) is 0.